The van der Waals surface area contributed by atoms with Crippen LogP contribution in [0.2, 0.25) is 0 Å². The zero-order chi connectivity index (χ0) is 16.7. The molecule has 1 saturated heterocycles. The summed E-state index contributed by atoms with van der Waals surface area (Å²) in [7, 11) is 1.18. The van der Waals surface area contributed by atoms with Gasteiger partial charge in [0.15, 0.2) is 0 Å². The van der Waals surface area contributed by atoms with Crippen molar-refractivity contribution in [1.29, 1.82) is 0 Å². The third kappa shape index (κ3) is 4.87. The van der Waals surface area contributed by atoms with Gasteiger partial charge in [0.05, 0.1) is 20.3 Å². The normalized spacial score (nSPS) is 20.8. The van der Waals surface area contributed by atoms with Gasteiger partial charge in [-0.1, -0.05) is 0 Å². The minimum Gasteiger partial charge on any atom is -0.466 e. The molecular formula is C14H19NO7. The standard InChI is InChI=1S/C14H19NO7/c1-4-21-14(19)11-7-10(8-15(11)9(2)16)22-13(18)6-5-12(17)20-3/h5-6,10-11H,4,7-8H2,1-3H3/b6-5+/t10-,11+/m1/s1. The van der Waals surface area contributed by atoms with Crippen LogP contribution in [-0.4, -0.2) is 61.1 Å². The van der Waals surface area contributed by atoms with E-state index in [-0.39, 0.29) is 25.5 Å². The van der Waals surface area contributed by atoms with Gasteiger partial charge in [-0.3, -0.25) is 4.79 Å². The third-order valence-corrected chi connectivity index (χ3v) is 3.07. The predicted molar refractivity (Wildman–Crippen MR) is 73.5 cm³/mol. The van der Waals surface area contributed by atoms with Gasteiger partial charge in [-0.05, 0) is 6.92 Å². The minimum atomic E-state index is -0.764. The Morgan fingerprint density at radius 3 is 2.36 bits per heavy atom. The van der Waals surface area contributed by atoms with E-state index in [1.54, 1.807) is 6.92 Å². The molecule has 0 aromatic carbocycles. The van der Waals surface area contributed by atoms with E-state index in [0.29, 0.717) is 0 Å². The van der Waals surface area contributed by atoms with Crippen molar-refractivity contribution in [3.05, 3.63) is 12.2 Å². The summed E-state index contributed by atoms with van der Waals surface area (Å²) in [4.78, 5) is 47.1. The van der Waals surface area contributed by atoms with E-state index in [1.165, 1.54) is 18.9 Å². The van der Waals surface area contributed by atoms with Crippen LogP contribution >= 0.6 is 0 Å². The fourth-order valence-corrected chi connectivity index (χ4v) is 2.10. The first-order valence-corrected chi connectivity index (χ1v) is 6.79. The van der Waals surface area contributed by atoms with E-state index in [0.717, 1.165) is 12.2 Å². The van der Waals surface area contributed by atoms with Gasteiger partial charge in [0.25, 0.3) is 0 Å². The van der Waals surface area contributed by atoms with Crippen LogP contribution in [0.25, 0.3) is 0 Å². The van der Waals surface area contributed by atoms with E-state index in [2.05, 4.69) is 4.74 Å². The second-order valence-corrected chi connectivity index (χ2v) is 4.59. The molecule has 122 valence electrons. The van der Waals surface area contributed by atoms with Crippen LogP contribution in [0.1, 0.15) is 20.3 Å². The summed E-state index contributed by atoms with van der Waals surface area (Å²) in [5.74, 6) is -2.26. The Hall–Kier alpha value is -2.38. The molecule has 1 amide bonds. The highest BCUT2D eigenvalue weighted by Crippen LogP contribution is 2.22. The minimum absolute atomic E-state index is 0.108. The van der Waals surface area contributed by atoms with Crippen LogP contribution in [0, 0.1) is 0 Å². The summed E-state index contributed by atoms with van der Waals surface area (Å²) in [5, 5.41) is 0. The Morgan fingerprint density at radius 2 is 1.82 bits per heavy atom. The molecule has 0 unspecified atom stereocenters. The molecule has 1 fully saturated rings. The summed E-state index contributed by atoms with van der Waals surface area (Å²) in [6, 6.07) is -0.764. The Kier molecular flexibility index (Phi) is 6.55. The monoisotopic (exact) mass is 313 g/mol. The number of amides is 1. The molecule has 0 radical (unpaired) electrons. The largest absolute Gasteiger partial charge is 0.466 e. The van der Waals surface area contributed by atoms with Crippen LogP contribution in [0.3, 0.4) is 0 Å². The number of hydrogen-bond donors (Lipinski definition) is 0. The molecule has 0 aromatic rings. The number of hydrogen-bond acceptors (Lipinski definition) is 7. The summed E-state index contributed by atoms with van der Waals surface area (Å²) >= 11 is 0. The molecule has 22 heavy (non-hydrogen) atoms. The quantitative estimate of drug-likeness (QED) is 0.394. The molecule has 0 saturated carbocycles. The van der Waals surface area contributed by atoms with Crippen LogP contribution in [0.4, 0.5) is 0 Å². The second-order valence-electron chi connectivity index (χ2n) is 4.59. The lowest BCUT2D eigenvalue weighted by atomic mass is 10.2. The summed E-state index contributed by atoms with van der Waals surface area (Å²) < 4.78 is 14.4. The molecule has 0 aromatic heterocycles. The highest BCUT2D eigenvalue weighted by Gasteiger charge is 2.40. The number of likely N-dealkylation sites (tertiary alicyclic amines) is 1. The fourth-order valence-electron chi connectivity index (χ4n) is 2.10. The van der Waals surface area contributed by atoms with Crippen molar-refractivity contribution < 1.29 is 33.4 Å². The van der Waals surface area contributed by atoms with Crippen LogP contribution in [0.5, 0.6) is 0 Å². The number of nitrogens with zero attached hydrogens (tertiary/aromatic N) is 1. The van der Waals surface area contributed by atoms with Crippen molar-refractivity contribution in [3.8, 4) is 0 Å². The first-order valence-electron chi connectivity index (χ1n) is 6.79. The third-order valence-electron chi connectivity index (χ3n) is 3.07. The van der Waals surface area contributed by atoms with Gasteiger partial charge in [-0.2, -0.15) is 0 Å². The van der Waals surface area contributed by atoms with E-state index >= 15 is 0 Å². The van der Waals surface area contributed by atoms with Crippen LogP contribution in [-0.2, 0) is 33.4 Å². The molecule has 1 heterocycles. The topological polar surface area (TPSA) is 99.2 Å². The lowest BCUT2D eigenvalue weighted by molar-refractivity contribution is -0.152. The van der Waals surface area contributed by atoms with Gasteiger partial charge in [-0.25, -0.2) is 14.4 Å². The van der Waals surface area contributed by atoms with Gasteiger partial charge < -0.3 is 19.1 Å². The molecule has 0 spiro atoms. The van der Waals surface area contributed by atoms with Crippen molar-refractivity contribution in [2.24, 2.45) is 0 Å². The SMILES string of the molecule is CCOC(=O)[C@@H]1C[C@@H](OC(=O)/C=C/C(=O)OC)CN1C(C)=O. The average Bonchev–Trinajstić information content (AvgIpc) is 2.89. The number of methoxy groups -OCH3 is 1. The second kappa shape index (κ2) is 8.16. The Balaban J connectivity index is 2.65. The van der Waals surface area contributed by atoms with Gasteiger partial charge in [0.2, 0.25) is 5.91 Å². The summed E-state index contributed by atoms with van der Waals surface area (Å²) in [6.07, 6.45) is 1.40. The first-order chi connectivity index (χ1) is 10.4. The summed E-state index contributed by atoms with van der Waals surface area (Å²) in [6.45, 7) is 3.30. The van der Waals surface area contributed by atoms with E-state index < -0.39 is 30.1 Å². The van der Waals surface area contributed by atoms with E-state index in [1.807, 2.05) is 0 Å². The van der Waals surface area contributed by atoms with Gasteiger partial charge in [0.1, 0.15) is 12.1 Å². The number of esters is 3. The molecule has 2 atom stereocenters. The predicted octanol–water partition coefficient (Wildman–Crippen LogP) is -0.189. The van der Waals surface area contributed by atoms with E-state index in [4.69, 9.17) is 9.47 Å². The fraction of sp³-hybridized carbons (Fsp3) is 0.571. The van der Waals surface area contributed by atoms with Crippen molar-refractivity contribution >= 4 is 23.8 Å². The molecule has 1 aliphatic heterocycles. The number of rotatable bonds is 5. The number of carbonyl (C=O) groups excluding carboxylic acids is 4. The Morgan fingerprint density at radius 1 is 1.18 bits per heavy atom. The maximum Gasteiger partial charge on any atom is 0.331 e. The van der Waals surface area contributed by atoms with Crippen LogP contribution < -0.4 is 0 Å². The number of carbonyl (C=O) groups is 4. The average molecular weight is 313 g/mol. The molecule has 0 N–H and O–H groups in total. The van der Waals surface area contributed by atoms with Gasteiger partial charge >= 0.3 is 17.9 Å². The maximum absolute atomic E-state index is 11.8. The highest BCUT2D eigenvalue weighted by molar-refractivity contribution is 5.91. The van der Waals surface area contributed by atoms with Gasteiger partial charge in [0, 0.05) is 25.5 Å². The van der Waals surface area contributed by atoms with Crippen molar-refractivity contribution in [2.45, 2.75) is 32.4 Å². The zero-order valence-corrected chi connectivity index (χ0v) is 12.7. The van der Waals surface area contributed by atoms with Gasteiger partial charge in [-0.15, -0.1) is 0 Å². The number of ether oxygens (including phenoxy) is 3. The molecule has 1 rings (SSSR count). The molecule has 0 bridgehead atoms. The highest BCUT2D eigenvalue weighted by atomic mass is 16.6. The molecule has 8 heteroatoms. The Labute approximate surface area is 128 Å². The van der Waals surface area contributed by atoms with Crippen LogP contribution in [0.15, 0.2) is 12.2 Å². The lowest BCUT2D eigenvalue weighted by Crippen LogP contribution is -2.40. The molecular weight excluding hydrogens is 294 g/mol. The summed E-state index contributed by atoms with van der Waals surface area (Å²) in [5.41, 5.74) is 0. The zero-order valence-electron chi connectivity index (χ0n) is 12.7. The first kappa shape index (κ1) is 17.7. The maximum atomic E-state index is 11.8. The lowest BCUT2D eigenvalue weighted by Gasteiger charge is -2.20. The van der Waals surface area contributed by atoms with Crippen molar-refractivity contribution in [3.63, 3.8) is 0 Å². The van der Waals surface area contributed by atoms with Crippen molar-refractivity contribution in [2.75, 3.05) is 20.3 Å². The van der Waals surface area contributed by atoms with Crippen molar-refractivity contribution in [1.82, 2.24) is 4.90 Å². The molecule has 1 aliphatic rings. The van der Waals surface area contributed by atoms with E-state index in [9.17, 15) is 19.2 Å². The molecule has 8 nitrogen and oxygen atoms in total. The Bertz CT molecular complexity index is 486. The smallest absolute Gasteiger partial charge is 0.331 e. The molecule has 0 aliphatic carbocycles.